The van der Waals surface area contributed by atoms with Gasteiger partial charge in [-0.2, -0.15) is 0 Å². The molecule has 22 heavy (non-hydrogen) atoms. The van der Waals surface area contributed by atoms with Crippen LogP contribution in [0.3, 0.4) is 0 Å². The van der Waals surface area contributed by atoms with Crippen LogP contribution in [0.15, 0.2) is 54.1 Å². The van der Waals surface area contributed by atoms with Gasteiger partial charge < -0.3 is 15.2 Å². The summed E-state index contributed by atoms with van der Waals surface area (Å²) in [5, 5.41) is 12.8. The predicted octanol–water partition coefficient (Wildman–Crippen LogP) is 2.69. The van der Waals surface area contributed by atoms with Gasteiger partial charge in [-0.1, -0.05) is 48.6 Å². The van der Waals surface area contributed by atoms with Crippen LogP contribution >= 0.6 is 11.6 Å². The maximum Gasteiger partial charge on any atom is 0.0954 e. The van der Waals surface area contributed by atoms with Crippen molar-refractivity contribution in [2.24, 2.45) is 0 Å². The molecule has 0 fully saturated rings. The van der Waals surface area contributed by atoms with Crippen molar-refractivity contribution in [3.05, 3.63) is 59.7 Å². The highest BCUT2D eigenvalue weighted by molar-refractivity contribution is 6.22. The van der Waals surface area contributed by atoms with E-state index in [0.717, 1.165) is 19.4 Å². The van der Waals surface area contributed by atoms with E-state index in [1.165, 1.54) is 11.1 Å². The van der Waals surface area contributed by atoms with Crippen LogP contribution in [-0.4, -0.2) is 42.9 Å². The van der Waals surface area contributed by atoms with Crippen molar-refractivity contribution in [1.82, 2.24) is 5.32 Å². The molecule has 1 aromatic carbocycles. The van der Waals surface area contributed by atoms with Crippen LogP contribution in [0.4, 0.5) is 0 Å². The van der Waals surface area contributed by atoms with E-state index in [0.29, 0.717) is 0 Å². The fourth-order valence-corrected chi connectivity index (χ4v) is 2.92. The highest BCUT2D eigenvalue weighted by atomic mass is 35.5. The maximum atomic E-state index is 9.50. The van der Waals surface area contributed by atoms with Gasteiger partial charge in [-0.25, -0.2) is 0 Å². The molecule has 1 unspecified atom stereocenters. The van der Waals surface area contributed by atoms with Crippen LogP contribution in [-0.2, 0) is 11.2 Å². The molecule has 1 aromatic rings. The third-order valence-corrected chi connectivity index (χ3v) is 4.23. The minimum absolute atomic E-state index is 0.0401. The van der Waals surface area contributed by atoms with Gasteiger partial charge in [0.2, 0.25) is 0 Å². The predicted molar refractivity (Wildman–Crippen MR) is 91.3 cm³/mol. The zero-order chi connectivity index (χ0) is 15.8. The van der Waals surface area contributed by atoms with Crippen LogP contribution < -0.4 is 5.32 Å². The van der Waals surface area contributed by atoms with Crippen molar-refractivity contribution in [3.8, 4) is 0 Å². The minimum atomic E-state index is -0.108. The Kier molecular flexibility index (Phi) is 7.13. The van der Waals surface area contributed by atoms with E-state index in [9.17, 15) is 5.11 Å². The Morgan fingerprint density at radius 1 is 1.32 bits per heavy atom. The van der Waals surface area contributed by atoms with Gasteiger partial charge in [-0.15, -0.1) is 11.6 Å². The van der Waals surface area contributed by atoms with E-state index in [2.05, 4.69) is 23.5 Å². The zero-order valence-corrected chi connectivity index (χ0v) is 13.7. The van der Waals surface area contributed by atoms with Crippen molar-refractivity contribution >= 4 is 11.6 Å². The molecule has 2 rings (SSSR count). The lowest BCUT2D eigenvalue weighted by atomic mass is 10.0. The van der Waals surface area contributed by atoms with Crippen molar-refractivity contribution in [1.29, 1.82) is 0 Å². The summed E-state index contributed by atoms with van der Waals surface area (Å²) in [7, 11) is 1.67. The number of hydrogen-bond acceptors (Lipinski definition) is 3. The summed E-state index contributed by atoms with van der Waals surface area (Å²) in [5.74, 6) is 0. The molecule has 0 bridgehead atoms. The Hall–Kier alpha value is -1.13. The van der Waals surface area contributed by atoms with Crippen molar-refractivity contribution < 1.29 is 9.84 Å². The molecule has 0 aromatic heterocycles. The monoisotopic (exact) mass is 321 g/mol. The number of benzene rings is 1. The number of ether oxygens (including phenoxy) is 1. The second-order valence-electron chi connectivity index (χ2n) is 5.52. The number of halogens is 1. The SMILES string of the molecule is CO[C@@H]1C=CC(CCN[C@@H](CO)Cc2ccccc2)=CC1Cl. The maximum absolute atomic E-state index is 9.50. The van der Waals surface area contributed by atoms with Gasteiger partial charge in [0, 0.05) is 13.2 Å². The molecular weight excluding hydrogens is 298 g/mol. The summed E-state index contributed by atoms with van der Waals surface area (Å²) in [6.45, 7) is 0.948. The number of alkyl halides is 1. The topological polar surface area (TPSA) is 41.5 Å². The molecule has 1 aliphatic rings. The van der Waals surface area contributed by atoms with Gasteiger partial charge in [-0.05, 0) is 30.5 Å². The van der Waals surface area contributed by atoms with E-state index in [-0.39, 0.29) is 24.1 Å². The third-order valence-electron chi connectivity index (χ3n) is 3.85. The zero-order valence-electron chi connectivity index (χ0n) is 12.9. The van der Waals surface area contributed by atoms with Crippen molar-refractivity contribution in [2.45, 2.75) is 30.4 Å². The second-order valence-corrected chi connectivity index (χ2v) is 6.02. The van der Waals surface area contributed by atoms with Gasteiger partial charge in [0.1, 0.15) is 0 Å². The van der Waals surface area contributed by atoms with E-state index >= 15 is 0 Å². The Labute approximate surface area is 137 Å². The molecule has 3 atom stereocenters. The number of allylic oxidation sites excluding steroid dienone is 1. The summed E-state index contributed by atoms with van der Waals surface area (Å²) in [6, 6.07) is 10.3. The number of rotatable bonds is 8. The van der Waals surface area contributed by atoms with E-state index < -0.39 is 0 Å². The number of aliphatic hydroxyl groups excluding tert-OH is 1. The molecule has 0 spiro atoms. The highest BCUT2D eigenvalue weighted by Crippen LogP contribution is 2.20. The minimum Gasteiger partial charge on any atom is -0.395 e. The third kappa shape index (κ3) is 5.25. The van der Waals surface area contributed by atoms with Crippen LogP contribution in [0.2, 0.25) is 0 Å². The standard InChI is InChI=1S/C18H24ClNO2/c1-22-18-8-7-15(12-17(18)19)9-10-20-16(13-21)11-14-5-3-2-4-6-14/h2-8,12,16-18,20-21H,9-11,13H2,1H3/t16-,17?,18-/m1/s1. The normalized spacial score (nSPS) is 22.4. The number of nitrogens with one attached hydrogen (secondary N) is 1. The fourth-order valence-electron chi connectivity index (χ4n) is 2.58. The molecule has 0 aliphatic heterocycles. The molecule has 0 heterocycles. The summed E-state index contributed by atoms with van der Waals surface area (Å²) in [5.41, 5.74) is 2.44. The molecule has 3 nitrogen and oxygen atoms in total. The molecule has 120 valence electrons. The Balaban J connectivity index is 1.76. The van der Waals surface area contributed by atoms with Crippen LogP contribution in [0, 0.1) is 0 Å². The molecule has 1 aliphatic carbocycles. The quantitative estimate of drug-likeness (QED) is 0.723. The molecule has 4 heteroatoms. The number of methoxy groups -OCH3 is 1. The van der Waals surface area contributed by atoms with Gasteiger partial charge in [-0.3, -0.25) is 0 Å². The molecule has 0 saturated carbocycles. The first kappa shape index (κ1) is 17.2. The van der Waals surface area contributed by atoms with Crippen LogP contribution in [0.1, 0.15) is 12.0 Å². The Bertz CT molecular complexity index is 501. The molecule has 2 N–H and O–H groups in total. The van der Waals surface area contributed by atoms with E-state index in [1.54, 1.807) is 7.11 Å². The molecule has 0 amide bonds. The van der Waals surface area contributed by atoms with Gasteiger partial charge in [0.25, 0.3) is 0 Å². The molecule has 0 radical (unpaired) electrons. The largest absolute Gasteiger partial charge is 0.395 e. The average Bonchev–Trinajstić information content (AvgIpc) is 2.55. The van der Waals surface area contributed by atoms with Crippen molar-refractivity contribution in [3.63, 3.8) is 0 Å². The molecule has 0 saturated heterocycles. The Morgan fingerprint density at radius 3 is 2.73 bits per heavy atom. The highest BCUT2D eigenvalue weighted by Gasteiger charge is 2.17. The van der Waals surface area contributed by atoms with Crippen LogP contribution in [0.25, 0.3) is 0 Å². The lowest BCUT2D eigenvalue weighted by Gasteiger charge is -2.21. The Morgan fingerprint density at radius 2 is 2.09 bits per heavy atom. The first-order chi connectivity index (χ1) is 10.7. The number of aliphatic hydroxyl groups is 1. The van der Waals surface area contributed by atoms with Crippen LogP contribution in [0.5, 0.6) is 0 Å². The summed E-state index contributed by atoms with van der Waals surface area (Å²) in [4.78, 5) is 0. The molecular formula is C18H24ClNO2. The second kappa shape index (κ2) is 9.11. The smallest absolute Gasteiger partial charge is 0.0954 e. The van der Waals surface area contributed by atoms with Crippen molar-refractivity contribution in [2.75, 3.05) is 20.3 Å². The summed E-state index contributed by atoms with van der Waals surface area (Å²) >= 11 is 6.24. The van der Waals surface area contributed by atoms with E-state index in [1.807, 2.05) is 30.4 Å². The number of hydrogen-bond donors (Lipinski definition) is 2. The fraction of sp³-hybridized carbons (Fsp3) is 0.444. The lowest BCUT2D eigenvalue weighted by molar-refractivity contribution is 0.144. The first-order valence-corrected chi connectivity index (χ1v) is 8.10. The van der Waals surface area contributed by atoms with E-state index in [4.69, 9.17) is 16.3 Å². The summed E-state index contributed by atoms with van der Waals surface area (Å²) in [6.07, 6.45) is 7.79. The van der Waals surface area contributed by atoms with Gasteiger partial charge in [0.05, 0.1) is 18.1 Å². The first-order valence-electron chi connectivity index (χ1n) is 7.67. The van der Waals surface area contributed by atoms with Gasteiger partial charge >= 0.3 is 0 Å². The lowest BCUT2D eigenvalue weighted by Crippen LogP contribution is -2.35. The van der Waals surface area contributed by atoms with Gasteiger partial charge in [0.15, 0.2) is 0 Å². The average molecular weight is 322 g/mol. The summed E-state index contributed by atoms with van der Waals surface area (Å²) < 4.78 is 5.27.